The highest BCUT2D eigenvalue weighted by Gasteiger charge is 2.24. The number of anilines is 2. The summed E-state index contributed by atoms with van der Waals surface area (Å²) in [6, 6.07) is 39.1. The first-order chi connectivity index (χ1) is 37.6. The Hall–Kier alpha value is -6.50. The summed E-state index contributed by atoms with van der Waals surface area (Å²) < 4.78 is 11.2. The molecule has 0 fully saturated rings. The van der Waals surface area contributed by atoms with Gasteiger partial charge in [0.25, 0.3) is 0 Å². The van der Waals surface area contributed by atoms with Gasteiger partial charge in [0.1, 0.15) is 24.7 Å². The molecule has 6 N–H and O–H groups in total. The summed E-state index contributed by atoms with van der Waals surface area (Å²) in [6.45, 7) is 36.1. The Morgan fingerprint density at radius 1 is 0.463 bits per heavy atom. The van der Waals surface area contributed by atoms with Crippen LogP contribution in [0.2, 0.25) is 0 Å². The molecule has 80 heavy (non-hydrogen) atoms. The van der Waals surface area contributed by atoms with Crippen molar-refractivity contribution in [3.63, 3.8) is 0 Å². The lowest BCUT2D eigenvalue weighted by Crippen LogP contribution is -2.21. The number of unbranched alkanes of at least 4 members (excludes halogenated alkanes) is 3. The third-order valence-corrected chi connectivity index (χ3v) is 14.2. The SMILES string of the molecule is CC(=O)NCCCCCCNC(C)=O.CC(=O)Nc1ccc(C)c(NC(C)=O)c1.CCC(C)(C)CC.CCC(O)COc1ccc(C(C)(C)c2ccc(OCC(O)CC)cc2)cc1.Cc1ccc(C(C)(C)c2ccc(C)cc2)cc1. The van der Waals surface area contributed by atoms with Crippen molar-refractivity contribution in [3.8, 4) is 11.5 Å². The minimum absolute atomic E-state index is 0.0308. The molecule has 442 valence electrons. The average Bonchev–Trinajstić information content (AvgIpc) is 3.43. The standard InChI is InChI=1S/C23H32O4.C17H20.C11H14N2O2.C10H20N2O2.C7H16/c1-5-19(24)15-26-21-11-7-17(8-12-21)23(3,4)18-9-13-22(14-10-18)27-16-20(25)6-2;1-13-5-9-15(10-6-13)17(3,4)16-11-7-14(2)8-12-16;1-7-4-5-10(12-8(2)14)6-11(7)13-9(3)15;1-9(13)11-7-5-3-4-6-8-12-10(2)14;1-5-7(3,4)6-2/h7-14,19-20,24-25H,5-6,15-16H2,1-4H3;5-12H,1-4H3;4-6H,1-3H3,(H,12,14)(H,13,15);3-8H2,1-2H3,(H,11,13)(H,12,14);5-6H2,1-4H3. The Morgan fingerprint density at radius 3 is 1.09 bits per heavy atom. The van der Waals surface area contributed by atoms with Crippen molar-refractivity contribution in [2.24, 2.45) is 5.41 Å². The lowest BCUT2D eigenvalue weighted by molar-refractivity contribution is -0.119. The molecule has 5 rings (SSSR count). The number of nitrogens with one attached hydrogen (secondary N) is 4. The summed E-state index contributed by atoms with van der Waals surface area (Å²) in [5.41, 5.74) is 10.6. The molecule has 0 bridgehead atoms. The van der Waals surface area contributed by atoms with Gasteiger partial charge in [0, 0.05) is 63.0 Å². The Kier molecular flexibility index (Phi) is 33.5. The van der Waals surface area contributed by atoms with E-state index >= 15 is 0 Å². The van der Waals surface area contributed by atoms with Gasteiger partial charge in [-0.05, 0) is 116 Å². The predicted octanol–water partition coefficient (Wildman–Crippen LogP) is 14.5. The van der Waals surface area contributed by atoms with Gasteiger partial charge in [-0.25, -0.2) is 0 Å². The minimum atomic E-state index is -0.430. The molecular weight excluding hydrogens is 1000 g/mol. The van der Waals surface area contributed by atoms with Crippen LogP contribution in [0.1, 0.15) is 187 Å². The Morgan fingerprint density at radius 2 is 0.800 bits per heavy atom. The van der Waals surface area contributed by atoms with E-state index in [0.29, 0.717) is 42.8 Å². The normalized spacial score (nSPS) is 11.6. The number of benzene rings is 5. The fourth-order valence-electron chi connectivity index (χ4n) is 7.44. The van der Waals surface area contributed by atoms with E-state index in [9.17, 15) is 29.4 Å². The summed E-state index contributed by atoms with van der Waals surface area (Å²) in [5.74, 6) is 1.33. The van der Waals surface area contributed by atoms with Crippen molar-refractivity contribution in [2.45, 2.75) is 192 Å². The molecule has 2 unspecified atom stereocenters. The molecule has 0 saturated heterocycles. The average molecular weight is 1100 g/mol. The van der Waals surface area contributed by atoms with Gasteiger partial charge in [0.05, 0.1) is 12.2 Å². The van der Waals surface area contributed by atoms with E-state index < -0.39 is 12.2 Å². The number of aliphatic hydroxyl groups excluding tert-OH is 2. The molecule has 5 aromatic carbocycles. The number of aliphatic hydroxyl groups is 2. The first-order valence-corrected chi connectivity index (χ1v) is 28.7. The molecule has 0 radical (unpaired) electrons. The van der Waals surface area contributed by atoms with Crippen LogP contribution in [-0.2, 0) is 30.0 Å². The maximum atomic E-state index is 10.9. The van der Waals surface area contributed by atoms with Crippen molar-refractivity contribution >= 4 is 35.0 Å². The molecule has 0 aliphatic rings. The zero-order valence-corrected chi connectivity index (χ0v) is 52.0. The quantitative estimate of drug-likeness (QED) is 0.0350. The van der Waals surface area contributed by atoms with Crippen molar-refractivity contribution in [2.75, 3.05) is 36.9 Å². The van der Waals surface area contributed by atoms with Crippen LogP contribution < -0.4 is 30.7 Å². The zero-order valence-electron chi connectivity index (χ0n) is 52.0. The lowest BCUT2D eigenvalue weighted by atomic mass is 9.78. The van der Waals surface area contributed by atoms with Gasteiger partial charge >= 0.3 is 0 Å². The van der Waals surface area contributed by atoms with Crippen molar-refractivity contribution in [1.29, 1.82) is 0 Å². The Balaban J connectivity index is 0.000000530. The summed E-state index contributed by atoms with van der Waals surface area (Å²) in [5, 5.41) is 30.1. The van der Waals surface area contributed by atoms with Gasteiger partial charge in [0.2, 0.25) is 23.6 Å². The first kappa shape index (κ1) is 71.5. The van der Waals surface area contributed by atoms with E-state index in [1.165, 1.54) is 73.9 Å². The molecule has 4 amide bonds. The second-order valence-corrected chi connectivity index (χ2v) is 22.4. The number of hydrogen-bond donors (Lipinski definition) is 6. The van der Waals surface area contributed by atoms with E-state index in [1.807, 2.05) is 51.1 Å². The summed E-state index contributed by atoms with van der Waals surface area (Å²) in [7, 11) is 0. The van der Waals surface area contributed by atoms with Crippen LogP contribution >= 0.6 is 0 Å². The van der Waals surface area contributed by atoms with E-state index in [0.717, 1.165) is 55.8 Å². The number of carbonyl (C=O) groups is 4. The van der Waals surface area contributed by atoms with E-state index in [2.05, 4.69) is 163 Å². The molecule has 0 spiro atoms. The number of amides is 4. The minimum Gasteiger partial charge on any atom is -0.491 e. The topological polar surface area (TPSA) is 175 Å². The van der Waals surface area contributed by atoms with Crippen molar-refractivity contribution in [3.05, 3.63) is 154 Å². The highest BCUT2D eigenvalue weighted by atomic mass is 16.5. The number of carbonyl (C=O) groups excluding carboxylic acids is 4. The fourth-order valence-corrected chi connectivity index (χ4v) is 7.44. The van der Waals surface area contributed by atoms with Crippen LogP contribution in [0.15, 0.2) is 115 Å². The Bertz CT molecular complexity index is 2400. The zero-order chi connectivity index (χ0) is 60.5. The smallest absolute Gasteiger partial charge is 0.221 e. The van der Waals surface area contributed by atoms with Gasteiger partial charge < -0.3 is 41.0 Å². The van der Waals surface area contributed by atoms with Gasteiger partial charge in [-0.15, -0.1) is 0 Å². The molecule has 0 aliphatic carbocycles. The lowest BCUT2D eigenvalue weighted by Gasteiger charge is -2.26. The third-order valence-electron chi connectivity index (χ3n) is 14.2. The number of hydrogen-bond acceptors (Lipinski definition) is 8. The third kappa shape index (κ3) is 29.6. The van der Waals surface area contributed by atoms with Crippen LogP contribution in [0.5, 0.6) is 11.5 Å². The van der Waals surface area contributed by atoms with E-state index in [1.54, 1.807) is 12.1 Å². The van der Waals surface area contributed by atoms with Crippen LogP contribution in [0.3, 0.4) is 0 Å². The van der Waals surface area contributed by atoms with Crippen LogP contribution in [0.4, 0.5) is 11.4 Å². The number of aryl methyl sites for hydroxylation is 3. The Labute approximate surface area is 482 Å². The molecule has 0 aliphatic heterocycles. The van der Waals surface area contributed by atoms with E-state index in [4.69, 9.17) is 9.47 Å². The molecule has 0 aromatic heterocycles. The van der Waals surface area contributed by atoms with Gasteiger partial charge in [-0.3, -0.25) is 19.2 Å². The number of ether oxygens (including phenoxy) is 2. The second kappa shape index (κ2) is 37.4. The van der Waals surface area contributed by atoms with Crippen LogP contribution in [-0.4, -0.2) is 72.4 Å². The molecule has 0 saturated carbocycles. The monoisotopic (exact) mass is 1100 g/mol. The first-order valence-electron chi connectivity index (χ1n) is 28.7. The molecule has 12 nitrogen and oxygen atoms in total. The maximum absolute atomic E-state index is 10.9. The summed E-state index contributed by atoms with van der Waals surface area (Å²) in [4.78, 5) is 42.7. The number of rotatable bonds is 23. The highest BCUT2D eigenvalue weighted by molar-refractivity contribution is 5.93. The highest BCUT2D eigenvalue weighted by Crippen LogP contribution is 2.34. The predicted molar refractivity (Wildman–Crippen MR) is 333 cm³/mol. The van der Waals surface area contributed by atoms with Crippen LogP contribution in [0.25, 0.3) is 0 Å². The van der Waals surface area contributed by atoms with Gasteiger partial charge in [-0.1, -0.05) is 185 Å². The van der Waals surface area contributed by atoms with Gasteiger partial charge in [-0.2, -0.15) is 0 Å². The molecule has 0 heterocycles. The summed E-state index contributed by atoms with van der Waals surface area (Å²) >= 11 is 0. The molecule has 2 atom stereocenters. The van der Waals surface area contributed by atoms with E-state index in [-0.39, 0.29) is 34.5 Å². The summed E-state index contributed by atoms with van der Waals surface area (Å²) in [6.07, 6.45) is 7.32. The van der Waals surface area contributed by atoms with Crippen LogP contribution in [0, 0.1) is 26.2 Å². The molecule has 5 aromatic rings. The largest absolute Gasteiger partial charge is 0.491 e. The molecule has 12 heteroatoms. The van der Waals surface area contributed by atoms with Crippen molar-refractivity contribution < 1.29 is 38.9 Å². The second-order valence-electron chi connectivity index (χ2n) is 22.4. The van der Waals surface area contributed by atoms with Crippen molar-refractivity contribution in [1.82, 2.24) is 10.6 Å². The maximum Gasteiger partial charge on any atom is 0.221 e. The molecular formula is C68H102N4O8. The van der Waals surface area contributed by atoms with Gasteiger partial charge in [0.15, 0.2) is 0 Å². The fraction of sp³-hybridized carbons (Fsp3) is 0.500.